The molecule has 17 heavy (non-hydrogen) atoms. The number of carboxylic acid groups (broad SMARTS) is 1. The van der Waals surface area contributed by atoms with Gasteiger partial charge in [-0.2, -0.15) is 0 Å². The molecule has 0 unspecified atom stereocenters. The van der Waals surface area contributed by atoms with Gasteiger partial charge in [0.25, 0.3) is 0 Å². The van der Waals surface area contributed by atoms with Crippen molar-refractivity contribution in [1.29, 1.82) is 0 Å². The molecule has 1 fully saturated rings. The summed E-state index contributed by atoms with van der Waals surface area (Å²) < 4.78 is 2.11. The molecule has 1 aliphatic rings. The predicted molar refractivity (Wildman–Crippen MR) is 65.9 cm³/mol. The summed E-state index contributed by atoms with van der Waals surface area (Å²) in [5.41, 5.74) is 1.80. The minimum atomic E-state index is -0.650. The first-order valence-corrected chi connectivity index (χ1v) is 5.89. The van der Waals surface area contributed by atoms with Gasteiger partial charge in [-0.15, -0.1) is 0 Å². The standard InChI is InChI=1S/C14H15NO2/c1-15-11(9-14(6-7-14)13(16)17)8-10-4-2-3-5-12(10)15/h2-5,8H,6-7,9H2,1H3,(H,16,17). The second-order valence-corrected chi connectivity index (χ2v) is 5.02. The summed E-state index contributed by atoms with van der Waals surface area (Å²) >= 11 is 0. The third-order valence-corrected chi connectivity index (χ3v) is 3.88. The number of nitrogens with zero attached hydrogens (tertiary/aromatic N) is 1. The van der Waals surface area contributed by atoms with E-state index in [4.69, 9.17) is 0 Å². The zero-order chi connectivity index (χ0) is 12.0. The Morgan fingerprint density at radius 1 is 1.41 bits per heavy atom. The molecule has 1 aromatic carbocycles. The number of aryl methyl sites for hydroxylation is 1. The van der Waals surface area contributed by atoms with Gasteiger partial charge in [-0.05, 0) is 30.4 Å². The highest BCUT2D eigenvalue weighted by atomic mass is 16.4. The Morgan fingerprint density at radius 3 is 2.71 bits per heavy atom. The fraction of sp³-hybridized carbons (Fsp3) is 0.357. The number of aliphatic carboxylic acids is 1. The highest BCUT2D eigenvalue weighted by Gasteiger charge is 2.50. The summed E-state index contributed by atoms with van der Waals surface area (Å²) in [5, 5.41) is 10.4. The molecule has 1 saturated carbocycles. The van der Waals surface area contributed by atoms with Crippen molar-refractivity contribution in [3.63, 3.8) is 0 Å². The smallest absolute Gasteiger partial charge is 0.310 e. The number of fused-ring (bicyclic) bond motifs is 1. The number of para-hydroxylation sites is 1. The van der Waals surface area contributed by atoms with E-state index >= 15 is 0 Å². The Morgan fingerprint density at radius 2 is 2.12 bits per heavy atom. The van der Waals surface area contributed by atoms with Gasteiger partial charge < -0.3 is 9.67 Å². The number of hydrogen-bond donors (Lipinski definition) is 1. The van der Waals surface area contributed by atoms with Crippen molar-refractivity contribution in [3.05, 3.63) is 36.0 Å². The van der Waals surface area contributed by atoms with Gasteiger partial charge in [0.05, 0.1) is 5.41 Å². The quantitative estimate of drug-likeness (QED) is 0.879. The molecule has 88 valence electrons. The fourth-order valence-corrected chi connectivity index (χ4v) is 2.48. The second kappa shape index (κ2) is 3.36. The van der Waals surface area contributed by atoms with Crippen LogP contribution >= 0.6 is 0 Å². The molecule has 0 atom stereocenters. The van der Waals surface area contributed by atoms with Crippen molar-refractivity contribution in [2.45, 2.75) is 19.3 Å². The van der Waals surface area contributed by atoms with Gasteiger partial charge in [-0.1, -0.05) is 18.2 Å². The molecule has 3 rings (SSSR count). The number of aromatic nitrogens is 1. The lowest BCUT2D eigenvalue weighted by Gasteiger charge is -2.10. The van der Waals surface area contributed by atoms with Crippen molar-refractivity contribution in [3.8, 4) is 0 Å². The lowest BCUT2D eigenvalue weighted by atomic mass is 10.0. The van der Waals surface area contributed by atoms with Gasteiger partial charge in [0.2, 0.25) is 0 Å². The number of hydrogen-bond acceptors (Lipinski definition) is 1. The predicted octanol–water partition coefficient (Wildman–Crippen LogP) is 2.59. The molecule has 0 saturated heterocycles. The van der Waals surface area contributed by atoms with Crippen LogP contribution in [0.3, 0.4) is 0 Å². The lowest BCUT2D eigenvalue weighted by Crippen LogP contribution is -2.18. The van der Waals surface area contributed by atoms with Crippen molar-refractivity contribution in [1.82, 2.24) is 4.57 Å². The summed E-state index contributed by atoms with van der Waals surface area (Å²) in [7, 11) is 2.01. The average Bonchev–Trinajstić information content (AvgIpc) is 3.03. The van der Waals surface area contributed by atoms with Crippen LogP contribution in [0.1, 0.15) is 18.5 Å². The van der Waals surface area contributed by atoms with Crippen LogP contribution in [0.15, 0.2) is 30.3 Å². The van der Waals surface area contributed by atoms with Crippen molar-refractivity contribution in [2.24, 2.45) is 12.5 Å². The Hall–Kier alpha value is -1.77. The van der Waals surface area contributed by atoms with Crippen LogP contribution in [0.5, 0.6) is 0 Å². The third-order valence-electron chi connectivity index (χ3n) is 3.88. The number of benzene rings is 1. The molecule has 0 amide bonds. The minimum absolute atomic E-state index is 0.484. The molecule has 0 spiro atoms. The van der Waals surface area contributed by atoms with Gasteiger partial charge >= 0.3 is 5.97 Å². The lowest BCUT2D eigenvalue weighted by molar-refractivity contribution is -0.143. The molecule has 1 heterocycles. The molecule has 3 heteroatoms. The highest BCUT2D eigenvalue weighted by molar-refractivity contribution is 5.82. The van der Waals surface area contributed by atoms with E-state index in [9.17, 15) is 9.90 Å². The zero-order valence-corrected chi connectivity index (χ0v) is 9.81. The summed E-state index contributed by atoms with van der Waals surface area (Å²) in [6, 6.07) is 10.3. The summed E-state index contributed by atoms with van der Waals surface area (Å²) in [5.74, 6) is -0.650. The van der Waals surface area contributed by atoms with Gasteiger partial charge in [0, 0.05) is 24.7 Å². The Kier molecular flexibility index (Phi) is 2.05. The van der Waals surface area contributed by atoms with E-state index < -0.39 is 11.4 Å². The average molecular weight is 229 g/mol. The van der Waals surface area contributed by atoms with Crippen LogP contribution in [-0.4, -0.2) is 15.6 Å². The van der Waals surface area contributed by atoms with E-state index in [1.807, 2.05) is 19.2 Å². The summed E-state index contributed by atoms with van der Waals surface area (Å²) in [6.07, 6.45) is 2.27. The normalized spacial score (nSPS) is 17.2. The van der Waals surface area contributed by atoms with E-state index in [-0.39, 0.29) is 0 Å². The molecule has 0 bridgehead atoms. The third kappa shape index (κ3) is 1.54. The van der Waals surface area contributed by atoms with E-state index in [2.05, 4.69) is 22.8 Å². The highest BCUT2D eigenvalue weighted by Crippen LogP contribution is 2.48. The molecular weight excluding hydrogens is 214 g/mol. The molecule has 1 N–H and O–H groups in total. The number of carbonyl (C=O) groups is 1. The van der Waals surface area contributed by atoms with Gasteiger partial charge in [0.15, 0.2) is 0 Å². The second-order valence-electron chi connectivity index (χ2n) is 5.02. The first-order valence-electron chi connectivity index (χ1n) is 5.89. The molecule has 1 aliphatic carbocycles. The summed E-state index contributed by atoms with van der Waals surface area (Å²) in [6.45, 7) is 0. The minimum Gasteiger partial charge on any atom is -0.481 e. The van der Waals surface area contributed by atoms with E-state index in [1.165, 1.54) is 10.9 Å². The Bertz CT molecular complexity index is 593. The van der Waals surface area contributed by atoms with Crippen LogP contribution in [0.2, 0.25) is 0 Å². The molecule has 0 aliphatic heterocycles. The van der Waals surface area contributed by atoms with E-state index in [0.717, 1.165) is 18.5 Å². The van der Waals surface area contributed by atoms with E-state index in [0.29, 0.717) is 6.42 Å². The number of carboxylic acids is 1. The maximum atomic E-state index is 11.2. The molecule has 2 aromatic rings. The first kappa shape index (κ1) is 10.4. The van der Waals surface area contributed by atoms with Gasteiger partial charge in [0.1, 0.15) is 0 Å². The Labute approximate surface area is 99.7 Å². The van der Waals surface area contributed by atoms with Crippen LogP contribution in [0, 0.1) is 5.41 Å². The summed E-state index contributed by atoms with van der Waals surface area (Å²) in [4.78, 5) is 11.2. The maximum absolute atomic E-state index is 11.2. The zero-order valence-electron chi connectivity index (χ0n) is 9.81. The monoisotopic (exact) mass is 229 g/mol. The van der Waals surface area contributed by atoms with Crippen LogP contribution in [0.25, 0.3) is 10.9 Å². The molecular formula is C14H15NO2. The van der Waals surface area contributed by atoms with Crippen molar-refractivity contribution < 1.29 is 9.90 Å². The largest absolute Gasteiger partial charge is 0.481 e. The van der Waals surface area contributed by atoms with E-state index in [1.54, 1.807) is 0 Å². The molecule has 0 radical (unpaired) electrons. The van der Waals surface area contributed by atoms with Gasteiger partial charge in [-0.25, -0.2) is 0 Å². The van der Waals surface area contributed by atoms with Crippen molar-refractivity contribution >= 4 is 16.9 Å². The topological polar surface area (TPSA) is 42.2 Å². The van der Waals surface area contributed by atoms with Crippen LogP contribution in [-0.2, 0) is 18.3 Å². The maximum Gasteiger partial charge on any atom is 0.310 e. The molecule has 3 nitrogen and oxygen atoms in total. The van der Waals surface area contributed by atoms with Crippen molar-refractivity contribution in [2.75, 3.05) is 0 Å². The first-order chi connectivity index (χ1) is 8.12. The van der Waals surface area contributed by atoms with Crippen LogP contribution < -0.4 is 0 Å². The molecule has 1 aromatic heterocycles. The van der Waals surface area contributed by atoms with Crippen LogP contribution in [0.4, 0.5) is 0 Å². The SMILES string of the molecule is Cn1c(CC2(C(=O)O)CC2)cc2ccccc21. The van der Waals surface area contributed by atoms with Gasteiger partial charge in [-0.3, -0.25) is 4.79 Å². The fourth-order valence-electron chi connectivity index (χ4n) is 2.48. The number of rotatable bonds is 3. The Balaban J connectivity index is 2.01.